The van der Waals surface area contributed by atoms with E-state index in [0.29, 0.717) is 23.7 Å². The SMILES string of the molecule is CC1COC(CO)CN1c1cc(CO)c(Cl)cn1. The molecule has 0 aliphatic carbocycles. The summed E-state index contributed by atoms with van der Waals surface area (Å²) in [5.74, 6) is 0.748. The van der Waals surface area contributed by atoms with Crippen LogP contribution in [-0.4, -0.2) is 47.1 Å². The summed E-state index contributed by atoms with van der Waals surface area (Å²) in [6.07, 6.45) is 1.34. The Kier molecular flexibility index (Phi) is 4.40. The summed E-state index contributed by atoms with van der Waals surface area (Å²) in [5.41, 5.74) is 0.654. The first-order chi connectivity index (χ1) is 8.65. The number of rotatable bonds is 3. The van der Waals surface area contributed by atoms with Crippen LogP contribution in [0.25, 0.3) is 0 Å². The molecule has 1 aromatic heterocycles. The Morgan fingerprint density at radius 2 is 2.33 bits per heavy atom. The Hall–Kier alpha value is -0.880. The predicted molar refractivity (Wildman–Crippen MR) is 68.8 cm³/mol. The Morgan fingerprint density at radius 3 is 3.00 bits per heavy atom. The monoisotopic (exact) mass is 272 g/mol. The first-order valence-electron chi connectivity index (χ1n) is 5.90. The molecule has 1 aliphatic rings. The normalized spacial score (nSPS) is 24.3. The fraction of sp³-hybridized carbons (Fsp3) is 0.583. The highest BCUT2D eigenvalue weighted by molar-refractivity contribution is 6.31. The maximum absolute atomic E-state index is 9.21. The number of hydrogen-bond donors (Lipinski definition) is 2. The quantitative estimate of drug-likeness (QED) is 0.853. The number of aliphatic hydroxyl groups is 2. The molecule has 0 radical (unpaired) electrons. The number of aromatic nitrogens is 1. The summed E-state index contributed by atoms with van der Waals surface area (Å²) in [6.45, 7) is 3.03. The van der Waals surface area contributed by atoms with Crippen LogP contribution in [0.4, 0.5) is 5.82 Å². The van der Waals surface area contributed by atoms with Crippen molar-refractivity contribution in [2.24, 2.45) is 0 Å². The van der Waals surface area contributed by atoms with Crippen molar-refractivity contribution < 1.29 is 14.9 Å². The predicted octanol–water partition coefficient (Wildman–Crippen LogP) is 0.813. The molecule has 1 fully saturated rings. The molecule has 6 heteroatoms. The minimum Gasteiger partial charge on any atom is -0.394 e. The molecule has 2 atom stereocenters. The summed E-state index contributed by atoms with van der Waals surface area (Å²) in [7, 11) is 0. The first kappa shape index (κ1) is 13.5. The van der Waals surface area contributed by atoms with Gasteiger partial charge in [0.15, 0.2) is 0 Å². The lowest BCUT2D eigenvalue weighted by Gasteiger charge is -2.38. The van der Waals surface area contributed by atoms with Crippen molar-refractivity contribution in [2.75, 3.05) is 24.7 Å². The second-order valence-electron chi connectivity index (χ2n) is 4.43. The number of nitrogens with zero attached hydrogens (tertiary/aromatic N) is 2. The molecule has 0 saturated carbocycles. The summed E-state index contributed by atoms with van der Waals surface area (Å²) in [6, 6.07) is 1.95. The van der Waals surface area contributed by atoms with Gasteiger partial charge in [0.1, 0.15) is 5.82 Å². The van der Waals surface area contributed by atoms with Gasteiger partial charge in [-0.1, -0.05) is 11.6 Å². The molecule has 1 saturated heterocycles. The molecule has 1 aromatic rings. The maximum atomic E-state index is 9.21. The lowest BCUT2D eigenvalue weighted by molar-refractivity contribution is -0.0105. The van der Waals surface area contributed by atoms with Crippen LogP contribution >= 0.6 is 11.6 Å². The van der Waals surface area contributed by atoms with E-state index in [4.69, 9.17) is 21.4 Å². The van der Waals surface area contributed by atoms with Crippen LogP contribution in [0.1, 0.15) is 12.5 Å². The van der Waals surface area contributed by atoms with Crippen molar-refractivity contribution >= 4 is 17.4 Å². The van der Waals surface area contributed by atoms with Crippen molar-refractivity contribution in [3.63, 3.8) is 0 Å². The summed E-state index contributed by atoms with van der Waals surface area (Å²) < 4.78 is 5.48. The third-order valence-electron chi connectivity index (χ3n) is 3.09. The van der Waals surface area contributed by atoms with Crippen LogP contribution in [0.2, 0.25) is 5.02 Å². The number of pyridine rings is 1. The van der Waals surface area contributed by atoms with E-state index >= 15 is 0 Å². The number of ether oxygens (including phenoxy) is 1. The number of anilines is 1. The number of hydrogen-bond acceptors (Lipinski definition) is 5. The van der Waals surface area contributed by atoms with Crippen LogP contribution in [0.5, 0.6) is 0 Å². The van der Waals surface area contributed by atoms with E-state index in [1.165, 1.54) is 0 Å². The summed E-state index contributed by atoms with van der Waals surface area (Å²) in [5, 5.41) is 18.8. The molecule has 5 nitrogen and oxygen atoms in total. The van der Waals surface area contributed by atoms with E-state index in [2.05, 4.69) is 9.88 Å². The Balaban J connectivity index is 2.23. The van der Waals surface area contributed by atoms with Gasteiger partial charge < -0.3 is 19.8 Å². The third kappa shape index (κ3) is 2.75. The molecule has 1 aliphatic heterocycles. The van der Waals surface area contributed by atoms with Gasteiger partial charge >= 0.3 is 0 Å². The Bertz CT molecular complexity index is 416. The molecule has 100 valence electrons. The largest absolute Gasteiger partial charge is 0.394 e. The van der Waals surface area contributed by atoms with Gasteiger partial charge in [-0.3, -0.25) is 0 Å². The smallest absolute Gasteiger partial charge is 0.129 e. The second kappa shape index (κ2) is 5.84. The average Bonchev–Trinajstić information content (AvgIpc) is 2.40. The van der Waals surface area contributed by atoms with E-state index in [0.717, 1.165) is 5.82 Å². The van der Waals surface area contributed by atoms with E-state index in [-0.39, 0.29) is 25.4 Å². The van der Waals surface area contributed by atoms with Gasteiger partial charge in [-0.25, -0.2) is 4.98 Å². The van der Waals surface area contributed by atoms with Crippen LogP contribution in [0, 0.1) is 0 Å². The van der Waals surface area contributed by atoms with E-state index in [1.54, 1.807) is 12.3 Å². The number of aliphatic hydroxyl groups excluding tert-OH is 2. The first-order valence-corrected chi connectivity index (χ1v) is 6.28. The van der Waals surface area contributed by atoms with Gasteiger partial charge in [-0.05, 0) is 13.0 Å². The molecule has 2 unspecified atom stereocenters. The average molecular weight is 273 g/mol. The Labute approximate surface area is 111 Å². The zero-order chi connectivity index (χ0) is 13.1. The highest BCUT2D eigenvalue weighted by Crippen LogP contribution is 2.24. The van der Waals surface area contributed by atoms with Gasteiger partial charge in [0.05, 0.1) is 37.0 Å². The minimum absolute atomic E-state index is 0.0103. The highest BCUT2D eigenvalue weighted by Gasteiger charge is 2.26. The van der Waals surface area contributed by atoms with Gasteiger partial charge in [-0.2, -0.15) is 0 Å². The van der Waals surface area contributed by atoms with E-state index < -0.39 is 0 Å². The standard InChI is InChI=1S/C12H17ClN2O3/c1-8-7-18-10(6-17)4-15(8)12-2-9(5-16)11(13)3-14-12/h2-3,8,10,16-17H,4-7H2,1H3. The van der Waals surface area contributed by atoms with E-state index in [9.17, 15) is 5.11 Å². The van der Waals surface area contributed by atoms with Crippen molar-refractivity contribution in [1.29, 1.82) is 0 Å². The summed E-state index contributed by atoms with van der Waals surface area (Å²) in [4.78, 5) is 6.33. The van der Waals surface area contributed by atoms with Crippen LogP contribution in [0.15, 0.2) is 12.3 Å². The molecule has 2 rings (SSSR count). The molecule has 0 spiro atoms. The molecule has 2 N–H and O–H groups in total. The number of halogens is 1. The summed E-state index contributed by atoms with van der Waals surface area (Å²) >= 11 is 5.92. The van der Waals surface area contributed by atoms with E-state index in [1.807, 2.05) is 6.92 Å². The van der Waals surface area contributed by atoms with Gasteiger partial charge in [-0.15, -0.1) is 0 Å². The molecule has 2 heterocycles. The van der Waals surface area contributed by atoms with Crippen molar-refractivity contribution in [3.05, 3.63) is 22.8 Å². The zero-order valence-corrected chi connectivity index (χ0v) is 11.0. The van der Waals surface area contributed by atoms with Crippen molar-refractivity contribution in [2.45, 2.75) is 25.7 Å². The molecule has 0 amide bonds. The molecule has 18 heavy (non-hydrogen) atoms. The minimum atomic E-state index is -0.198. The molecular weight excluding hydrogens is 256 g/mol. The zero-order valence-electron chi connectivity index (χ0n) is 10.2. The maximum Gasteiger partial charge on any atom is 0.129 e. The molecular formula is C12H17ClN2O3. The fourth-order valence-electron chi connectivity index (χ4n) is 1.99. The number of morpholine rings is 1. The van der Waals surface area contributed by atoms with Gasteiger partial charge in [0.2, 0.25) is 0 Å². The molecule has 0 bridgehead atoms. The molecule has 0 aromatic carbocycles. The lowest BCUT2D eigenvalue weighted by atomic mass is 10.2. The second-order valence-corrected chi connectivity index (χ2v) is 4.84. The van der Waals surface area contributed by atoms with Crippen LogP contribution < -0.4 is 4.90 Å². The van der Waals surface area contributed by atoms with Gasteiger partial charge in [0.25, 0.3) is 0 Å². The lowest BCUT2D eigenvalue weighted by Crippen LogP contribution is -2.50. The van der Waals surface area contributed by atoms with Crippen LogP contribution in [0.3, 0.4) is 0 Å². The van der Waals surface area contributed by atoms with Gasteiger partial charge in [0, 0.05) is 18.3 Å². The highest BCUT2D eigenvalue weighted by atomic mass is 35.5. The fourth-order valence-corrected chi connectivity index (χ4v) is 2.16. The Morgan fingerprint density at radius 1 is 1.56 bits per heavy atom. The third-order valence-corrected chi connectivity index (χ3v) is 3.43. The topological polar surface area (TPSA) is 65.8 Å². The van der Waals surface area contributed by atoms with Crippen LogP contribution in [-0.2, 0) is 11.3 Å². The van der Waals surface area contributed by atoms with Crippen molar-refractivity contribution in [3.8, 4) is 0 Å². The van der Waals surface area contributed by atoms with Crippen molar-refractivity contribution in [1.82, 2.24) is 4.98 Å².